The monoisotopic (exact) mass is 382 g/mol. The minimum atomic E-state index is -0.519. The lowest BCUT2D eigenvalue weighted by atomic mass is 10.0. The largest absolute Gasteiger partial charge is 0.355 e. The van der Waals surface area contributed by atoms with Gasteiger partial charge in [-0.1, -0.05) is 50.2 Å². The van der Waals surface area contributed by atoms with Crippen molar-refractivity contribution in [1.82, 2.24) is 15.6 Å². The number of nitrogens with two attached hydrogens (primary N) is 1. The van der Waals surface area contributed by atoms with Gasteiger partial charge in [-0.25, -0.2) is 0 Å². The van der Waals surface area contributed by atoms with Gasteiger partial charge in [0.15, 0.2) is 0 Å². The molecule has 0 radical (unpaired) electrons. The van der Waals surface area contributed by atoms with Crippen LogP contribution in [-0.2, 0) is 16.0 Å². The van der Waals surface area contributed by atoms with Crippen LogP contribution in [0.2, 0.25) is 0 Å². The molecule has 2 atom stereocenters. The van der Waals surface area contributed by atoms with Crippen LogP contribution in [0.4, 0.5) is 0 Å². The van der Waals surface area contributed by atoms with E-state index in [1.165, 1.54) is 0 Å². The summed E-state index contributed by atoms with van der Waals surface area (Å²) in [5.74, 6) is -0.138. The van der Waals surface area contributed by atoms with E-state index in [0.717, 1.165) is 11.3 Å². The van der Waals surface area contributed by atoms with Crippen LogP contribution in [0.25, 0.3) is 0 Å². The summed E-state index contributed by atoms with van der Waals surface area (Å²) in [6.07, 6.45) is 3.27. The Morgan fingerprint density at radius 3 is 2.43 bits per heavy atom. The highest BCUT2D eigenvalue weighted by Crippen LogP contribution is 2.17. The van der Waals surface area contributed by atoms with E-state index in [2.05, 4.69) is 15.6 Å². The average Bonchev–Trinajstić information content (AvgIpc) is 2.71. The lowest BCUT2D eigenvalue weighted by molar-refractivity contribution is -0.124. The van der Waals surface area contributed by atoms with Crippen molar-refractivity contribution in [2.45, 2.75) is 45.2 Å². The van der Waals surface area contributed by atoms with Gasteiger partial charge in [-0.05, 0) is 30.0 Å². The minimum absolute atomic E-state index is 0.0489. The van der Waals surface area contributed by atoms with Crippen molar-refractivity contribution in [3.8, 4) is 0 Å². The zero-order valence-corrected chi connectivity index (χ0v) is 16.6. The summed E-state index contributed by atoms with van der Waals surface area (Å²) in [6.45, 7) is 4.24. The fraction of sp³-hybridized carbons (Fsp3) is 0.409. The molecular formula is C22H30N4O2. The quantitative estimate of drug-likeness (QED) is 0.550. The van der Waals surface area contributed by atoms with Crippen LogP contribution in [0.1, 0.15) is 44.0 Å². The Labute approximate surface area is 166 Å². The number of pyridine rings is 1. The number of carbonyl (C=O) groups is 2. The van der Waals surface area contributed by atoms with E-state index in [0.29, 0.717) is 25.8 Å². The van der Waals surface area contributed by atoms with E-state index in [-0.39, 0.29) is 23.8 Å². The molecule has 0 saturated carbocycles. The highest BCUT2D eigenvalue weighted by atomic mass is 16.2. The molecule has 0 aliphatic rings. The summed E-state index contributed by atoms with van der Waals surface area (Å²) in [6, 6.07) is 15.0. The summed E-state index contributed by atoms with van der Waals surface area (Å²) in [7, 11) is 0. The standard InChI is InChI=1S/C22H30N4O2/c1-16(2)21(23)22(28)25-14-8-12-20(27)26-19(17-9-4-3-5-10-17)15-18-11-6-7-13-24-18/h3-7,9-11,13,16,19,21H,8,12,14-15,23H2,1-2H3,(H,25,28)(H,26,27)/t19?,21-/m1/s1. The number of nitrogens with one attached hydrogen (secondary N) is 2. The Hall–Kier alpha value is -2.73. The number of carbonyl (C=O) groups excluding carboxylic acids is 2. The molecule has 1 unspecified atom stereocenters. The van der Waals surface area contributed by atoms with Gasteiger partial charge in [-0.3, -0.25) is 14.6 Å². The molecule has 6 heteroatoms. The van der Waals surface area contributed by atoms with E-state index in [1.54, 1.807) is 6.20 Å². The van der Waals surface area contributed by atoms with Gasteiger partial charge < -0.3 is 16.4 Å². The second-order valence-electron chi connectivity index (χ2n) is 7.22. The van der Waals surface area contributed by atoms with E-state index >= 15 is 0 Å². The van der Waals surface area contributed by atoms with Crippen LogP contribution in [0, 0.1) is 5.92 Å². The Kier molecular flexibility index (Phi) is 8.62. The molecule has 2 amide bonds. The van der Waals surface area contributed by atoms with Crippen molar-refractivity contribution in [3.05, 3.63) is 66.0 Å². The molecule has 0 saturated heterocycles. The maximum Gasteiger partial charge on any atom is 0.237 e. The summed E-state index contributed by atoms with van der Waals surface area (Å²) in [4.78, 5) is 28.7. The molecule has 4 N–H and O–H groups in total. The second kappa shape index (κ2) is 11.2. The third kappa shape index (κ3) is 7.12. The molecule has 0 aliphatic heterocycles. The van der Waals surface area contributed by atoms with Crippen molar-refractivity contribution in [2.24, 2.45) is 11.7 Å². The number of benzene rings is 1. The molecule has 6 nitrogen and oxygen atoms in total. The molecule has 1 aromatic carbocycles. The van der Waals surface area contributed by atoms with Crippen LogP contribution in [0.15, 0.2) is 54.7 Å². The maximum atomic E-state index is 12.4. The summed E-state index contributed by atoms with van der Waals surface area (Å²) in [5.41, 5.74) is 7.77. The smallest absolute Gasteiger partial charge is 0.237 e. The molecule has 2 rings (SSSR count). The van der Waals surface area contributed by atoms with E-state index in [4.69, 9.17) is 5.73 Å². The van der Waals surface area contributed by atoms with Crippen molar-refractivity contribution < 1.29 is 9.59 Å². The summed E-state index contributed by atoms with van der Waals surface area (Å²) in [5, 5.41) is 5.88. The number of hydrogen-bond acceptors (Lipinski definition) is 4. The molecule has 0 fully saturated rings. The molecule has 0 spiro atoms. The Bertz CT molecular complexity index is 735. The van der Waals surface area contributed by atoms with Gasteiger partial charge in [0.1, 0.15) is 0 Å². The van der Waals surface area contributed by atoms with Gasteiger partial charge in [-0.15, -0.1) is 0 Å². The van der Waals surface area contributed by atoms with Crippen molar-refractivity contribution in [3.63, 3.8) is 0 Å². The fourth-order valence-electron chi connectivity index (χ4n) is 2.81. The Morgan fingerprint density at radius 2 is 1.79 bits per heavy atom. The first-order valence-corrected chi connectivity index (χ1v) is 9.75. The third-order valence-corrected chi connectivity index (χ3v) is 4.58. The zero-order valence-electron chi connectivity index (χ0n) is 16.6. The summed E-state index contributed by atoms with van der Waals surface area (Å²) < 4.78 is 0. The fourth-order valence-corrected chi connectivity index (χ4v) is 2.81. The maximum absolute atomic E-state index is 12.4. The molecular weight excluding hydrogens is 352 g/mol. The Balaban J connectivity index is 1.86. The first-order chi connectivity index (χ1) is 13.5. The highest BCUT2D eigenvalue weighted by Gasteiger charge is 2.18. The van der Waals surface area contributed by atoms with Crippen LogP contribution < -0.4 is 16.4 Å². The number of rotatable bonds is 10. The average molecular weight is 383 g/mol. The molecule has 28 heavy (non-hydrogen) atoms. The van der Waals surface area contributed by atoms with Crippen LogP contribution in [0.3, 0.4) is 0 Å². The molecule has 2 aromatic rings. The first-order valence-electron chi connectivity index (χ1n) is 9.75. The minimum Gasteiger partial charge on any atom is -0.355 e. The van der Waals surface area contributed by atoms with Crippen molar-refractivity contribution >= 4 is 11.8 Å². The molecule has 150 valence electrons. The molecule has 0 aliphatic carbocycles. The van der Waals surface area contributed by atoms with Gasteiger partial charge in [0.25, 0.3) is 0 Å². The SMILES string of the molecule is CC(C)[C@@H](N)C(=O)NCCCC(=O)NC(Cc1ccccn1)c1ccccc1. The Morgan fingerprint density at radius 1 is 1.07 bits per heavy atom. The van der Waals surface area contributed by atoms with Crippen molar-refractivity contribution in [1.29, 1.82) is 0 Å². The molecule has 0 bridgehead atoms. The first kappa shape index (κ1) is 21.6. The van der Waals surface area contributed by atoms with E-state index in [9.17, 15) is 9.59 Å². The number of nitrogens with zero attached hydrogens (tertiary/aromatic N) is 1. The zero-order chi connectivity index (χ0) is 20.4. The highest BCUT2D eigenvalue weighted by molar-refractivity contribution is 5.81. The van der Waals surface area contributed by atoms with E-state index in [1.807, 2.05) is 62.4 Å². The van der Waals surface area contributed by atoms with Crippen LogP contribution in [-0.4, -0.2) is 29.4 Å². The van der Waals surface area contributed by atoms with Gasteiger partial charge in [0.05, 0.1) is 12.1 Å². The summed E-state index contributed by atoms with van der Waals surface area (Å²) >= 11 is 0. The number of aromatic nitrogens is 1. The third-order valence-electron chi connectivity index (χ3n) is 4.58. The predicted octanol–water partition coefficient (Wildman–Crippen LogP) is 2.36. The second-order valence-corrected chi connectivity index (χ2v) is 7.22. The predicted molar refractivity (Wildman–Crippen MR) is 110 cm³/mol. The van der Waals surface area contributed by atoms with Gasteiger partial charge in [0, 0.05) is 31.3 Å². The topological polar surface area (TPSA) is 97.1 Å². The van der Waals surface area contributed by atoms with Crippen LogP contribution >= 0.6 is 0 Å². The van der Waals surface area contributed by atoms with Crippen LogP contribution in [0.5, 0.6) is 0 Å². The number of amides is 2. The van der Waals surface area contributed by atoms with Gasteiger partial charge >= 0.3 is 0 Å². The normalized spacial score (nSPS) is 13.0. The van der Waals surface area contributed by atoms with Gasteiger partial charge in [-0.2, -0.15) is 0 Å². The molecule has 1 aromatic heterocycles. The van der Waals surface area contributed by atoms with Gasteiger partial charge in [0.2, 0.25) is 11.8 Å². The number of hydrogen-bond donors (Lipinski definition) is 3. The molecule has 1 heterocycles. The lowest BCUT2D eigenvalue weighted by Gasteiger charge is -2.19. The van der Waals surface area contributed by atoms with Crippen molar-refractivity contribution in [2.75, 3.05) is 6.54 Å². The lowest BCUT2D eigenvalue weighted by Crippen LogP contribution is -2.44. The van der Waals surface area contributed by atoms with E-state index < -0.39 is 6.04 Å².